The molecule has 0 aliphatic carbocycles. The van der Waals surface area contributed by atoms with E-state index in [1.807, 2.05) is 59.0 Å². The summed E-state index contributed by atoms with van der Waals surface area (Å²) in [7, 11) is 0. The molecular weight excluding hydrogens is 446 g/mol. The van der Waals surface area contributed by atoms with Crippen LogP contribution in [0.2, 0.25) is 0 Å². The summed E-state index contributed by atoms with van der Waals surface area (Å²) in [6.07, 6.45) is 7.37. The summed E-state index contributed by atoms with van der Waals surface area (Å²) >= 11 is 0. The van der Waals surface area contributed by atoms with E-state index in [-0.39, 0.29) is 23.8 Å². The second-order valence-corrected chi connectivity index (χ2v) is 8.14. The Hall–Kier alpha value is -3.77. The summed E-state index contributed by atoms with van der Waals surface area (Å²) in [6.45, 7) is 7.24. The van der Waals surface area contributed by atoms with Gasteiger partial charge in [-0.3, -0.25) is 0 Å². The molecule has 0 radical (unpaired) electrons. The van der Waals surface area contributed by atoms with Gasteiger partial charge < -0.3 is 9.47 Å². The van der Waals surface area contributed by atoms with Crippen LogP contribution < -0.4 is 9.30 Å². The molecule has 0 aliphatic heterocycles. The van der Waals surface area contributed by atoms with Crippen molar-refractivity contribution in [3.05, 3.63) is 132 Å². The molecule has 4 aromatic rings. The van der Waals surface area contributed by atoms with Crippen LogP contribution in [-0.2, 0) is 11.3 Å². The van der Waals surface area contributed by atoms with Gasteiger partial charge in [-0.25, -0.2) is 17.9 Å². The largest absolute Gasteiger partial charge is 0.493 e. The maximum Gasteiger partial charge on any atom is 0.244 e. The third kappa shape index (κ3) is 6.03. The van der Waals surface area contributed by atoms with E-state index in [1.165, 1.54) is 24.3 Å². The average Bonchev–Trinajstić information content (AvgIpc) is 3.33. The van der Waals surface area contributed by atoms with E-state index in [0.717, 1.165) is 22.4 Å². The van der Waals surface area contributed by atoms with Gasteiger partial charge in [-0.05, 0) is 37.3 Å². The SMILES string of the molecule is C=CCOC(C[n+]1ccn(C(c2ccc(F)cc2)c2ccc(F)cc2)c1)c1ccccc1OCC. The van der Waals surface area contributed by atoms with E-state index in [2.05, 4.69) is 6.58 Å². The molecule has 0 spiro atoms. The molecule has 1 aromatic heterocycles. The van der Waals surface area contributed by atoms with Crippen LogP contribution in [0.25, 0.3) is 0 Å². The zero-order valence-corrected chi connectivity index (χ0v) is 19.7. The second-order valence-electron chi connectivity index (χ2n) is 8.14. The van der Waals surface area contributed by atoms with Crippen LogP contribution in [0.5, 0.6) is 5.75 Å². The topological polar surface area (TPSA) is 27.3 Å². The number of aromatic nitrogens is 2. The standard InChI is InChI=1S/C29H29F2N2O2/c1-3-19-35-28(26-7-5-6-8-27(26)34-4-2)20-32-17-18-33(21-32)29(22-9-13-24(30)14-10-22)23-11-15-25(31)16-12-23/h3,5-18,21,28-29H,1,4,19-20H2,2H3/q+1. The van der Waals surface area contributed by atoms with Gasteiger partial charge in [0.2, 0.25) is 6.33 Å². The average molecular weight is 476 g/mol. The van der Waals surface area contributed by atoms with Crippen molar-refractivity contribution < 1.29 is 22.8 Å². The fraction of sp³-hybridized carbons (Fsp3) is 0.207. The molecule has 4 nitrogen and oxygen atoms in total. The van der Waals surface area contributed by atoms with Gasteiger partial charge in [0, 0.05) is 16.7 Å². The lowest BCUT2D eigenvalue weighted by atomic mass is 9.98. The lowest BCUT2D eigenvalue weighted by Crippen LogP contribution is -2.36. The number of ether oxygens (including phenoxy) is 2. The highest BCUT2D eigenvalue weighted by molar-refractivity contribution is 5.35. The van der Waals surface area contributed by atoms with E-state index >= 15 is 0 Å². The highest BCUT2D eigenvalue weighted by Crippen LogP contribution is 2.29. The molecule has 0 fully saturated rings. The summed E-state index contributed by atoms with van der Waals surface area (Å²) in [6, 6.07) is 20.4. The normalized spacial score (nSPS) is 12.0. The molecular formula is C29H29F2N2O2+. The number of benzene rings is 3. The van der Waals surface area contributed by atoms with Crippen molar-refractivity contribution in [2.45, 2.75) is 25.6 Å². The predicted molar refractivity (Wildman–Crippen MR) is 131 cm³/mol. The van der Waals surface area contributed by atoms with Crippen molar-refractivity contribution in [2.75, 3.05) is 13.2 Å². The van der Waals surface area contributed by atoms with Gasteiger partial charge in [-0.15, -0.1) is 6.58 Å². The Balaban J connectivity index is 1.66. The molecule has 0 saturated heterocycles. The van der Waals surface area contributed by atoms with Crippen LogP contribution in [0.4, 0.5) is 8.78 Å². The molecule has 1 unspecified atom stereocenters. The molecule has 4 rings (SSSR count). The zero-order chi connectivity index (χ0) is 24.6. The fourth-order valence-corrected chi connectivity index (χ4v) is 4.15. The summed E-state index contributed by atoms with van der Waals surface area (Å²) in [5.41, 5.74) is 2.74. The zero-order valence-electron chi connectivity index (χ0n) is 19.7. The first-order valence-corrected chi connectivity index (χ1v) is 11.6. The molecule has 180 valence electrons. The minimum atomic E-state index is -0.302. The third-order valence-corrected chi connectivity index (χ3v) is 5.74. The van der Waals surface area contributed by atoms with E-state index in [4.69, 9.17) is 9.47 Å². The summed E-state index contributed by atoms with van der Waals surface area (Å²) < 4.78 is 43.2. The lowest BCUT2D eigenvalue weighted by molar-refractivity contribution is -0.704. The molecule has 3 aromatic carbocycles. The number of hydrogen-bond acceptors (Lipinski definition) is 2. The Labute approximate surface area is 204 Å². The van der Waals surface area contributed by atoms with Crippen molar-refractivity contribution >= 4 is 0 Å². The molecule has 0 bridgehead atoms. The first kappa shape index (κ1) is 24.4. The predicted octanol–water partition coefficient (Wildman–Crippen LogP) is 6.03. The smallest absolute Gasteiger partial charge is 0.244 e. The van der Waals surface area contributed by atoms with Gasteiger partial charge >= 0.3 is 0 Å². The maximum atomic E-state index is 13.6. The van der Waals surface area contributed by atoms with Crippen LogP contribution >= 0.6 is 0 Å². The van der Waals surface area contributed by atoms with Crippen LogP contribution in [0, 0.1) is 11.6 Å². The number of hydrogen-bond donors (Lipinski definition) is 0. The number of halogens is 2. The van der Waals surface area contributed by atoms with Crippen LogP contribution in [-0.4, -0.2) is 17.8 Å². The molecule has 0 saturated carbocycles. The van der Waals surface area contributed by atoms with E-state index < -0.39 is 0 Å². The molecule has 1 heterocycles. The van der Waals surface area contributed by atoms with Crippen LogP contribution in [0.3, 0.4) is 0 Å². The van der Waals surface area contributed by atoms with Crippen molar-refractivity contribution in [1.29, 1.82) is 0 Å². The quantitative estimate of drug-likeness (QED) is 0.196. The molecule has 6 heteroatoms. The van der Waals surface area contributed by atoms with Gasteiger partial charge in [-0.1, -0.05) is 48.5 Å². The number of para-hydroxylation sites is 1. The summed E-state index contributed by atoms with van der Waals surface area (Å²) in [4.78, 5) is 0. The van der Waals surface area contributed by atoms with Crippen LogP contribution in [0.15, 0.2) is 104 Å². The Morgan fingerprint density at radius 3 is 2.17 bits per heavy atom. The number of rotatable bonds is 11. The first-order valence-electron chi connectivity index (χ1n) is 11.6. The van der Waals surface area contributed by atoms with Gasteiger partial charge in [-0.2, -0.15) is 0 Å². The monoisotopic (exact) mass is 475 g/mol. The molecule has 35 heavy (non-hydrogen) atoms. The van der Waals surface area contributed by atoms with Gasteiger partial charge in [0.25, 0.3) is 0 Å². The molecule has 0 amide bonds. The number of imidazole rings is 1. The fourth-order valence-electron chi connectivity index (χ4n) is 4.15. The van der Waals surface area contributed by atoms with E-state index in [0.29, 0.717) is 19.8 Å². The Morgan fingerprint density at radius 1 is 0.943 bits per heavy atom. The highest BCUT2D eigenvalue weighted by atomic mass is 19.1. The first-order chi connectivity index (χ1) is 17.1. The van der Waals surface area contributed by atoms with Gasteiger partial charge in [0.05, 0.1) is 13.2 Å². The summed E-state index contributed by atoms with van der Waals surface area (Å²) in [5, 5.41) is 0. The Kier molecular flexibility index (Phi) is 8.06. The van der Waals surface area contributed by atoms with Crippen molar-refractivity contribution in [1.82, 2.24) is 4.57 Å². The summed E-state index contributed by atoms with van der Waals surface area (Å²) in [5.74, 6) is 0.188. The highest BCUT2D eigenvalue weighted by Gasteiger charge is 2.24. The third-order valence-electron chi connectivity index (χ3n) is 5.74. The number of nitrogens with zero attached hydrogens (tertiary/aromatic N) is 2. The molecule has 0 N–H and O–H groups in total. The van der Waals surface area contributed by atoms with Crippen molar-refractivity contribution in [3.8, 4) is 5.75 Å². The Morgan fingerprint density at radius 2 is 1.57 bits per heavy atom. The lowest BCUT2D eigenvalue weighted by Gasteiger charge is -2.19. The van der Waals surface area contributed by atoms with Gasteiger partial charge in [0.15, 0.2) is 6.04 Å². The van der Waals surface area contributed by atoms with E-state index in [1.54, 1.807) is 30.3 Å². The van der Waals surface area contributed by atoms with Gasteiger partial charge in [0.1, 0.15) is 42.4 Å². The van der Waals surface area contributed by atoms with E-state index in [9.17, 15) is 8.78 Å². The molecule has 1 atom stereocenters. The minimum Gasteiger partial charge on any atom is -0.493 e. The second kappa shape index (κ2) is 11.6. The van der Waals surface area contributed by atoms with Crippen LogP contribution in [0.1, 0.15) is 35.8 Å². The van der Waals surface area contributed by atoms with Crippen molar-refractivity contribution in [3.63, 3.8) is 0 Å². The van der Waals surface area contributed by atoms with Crippen molar-refractivity contribution in [2.24, 2.45) is 0 Å². The Bertz CT molecular complexity index is 1190. The minimum absolute atomic E-state index is 0.249. The molecule has 0 aliphatic rings. The maximum absolute atomic E-state index is 13.6.